The van der Waals surface area contributed by atoms with E-state index in [-0.39, 0.29) is 90.6 Å². The van der Waals surface area contributed by atoms with Gasteiger partial charge in [-0.25, -0.2) is 9.69 Å². The number of carbonyl (C=O) groups excluding carboxylic acids is 9. The first-order chi connectivity index (χ1) is 51.7. The summed E-state index contributed by atoms with van der Waals surface area (Å²) in [5.41, 5.74) is 7.25. The molecule has 5 atom stereocenters. The molecule has 2 aliphatic carbocycles. The van der Waals surface area contributed by atoms with Gasteiger partial charge in [-0.2, -0.15) is 0 Å². The number of ether oxygens (including phenoxy) is 6. The lowest BCUT2D eigenvalue weighted by molar-refractivity contribution is -0.132. The maximum absolute atomic E-state index is 14.5. The van der Waals surface area contributed by atoms with E-state index in [0.717, 1.165) is 58.6 Å². The summed E-state index contributed by atoms with van der Waals surface area (Å²) >= 11 is 0. The van der Waals surface area contributed by atoms with Gasteiger partial charge in [0, 0.05) is 61.1 Å². The minimum atomic E-state index is -1.48. The molecule has 6 aromatic rings. The molecule has 26 heteroatoms. The van der Waals surface area contributed by atoms with Gasteiger partial charge in [0.15, 0.2) is 29.2 Å². The van der Waals surface area contributed by atoms with Crippen molar-refractivity contribution >= 4 is 81.7 Å². The second kappa shape index (κ2) is 32.4. The smallest absolute Gasteiger partial charge is 0.416 e. The number of aliphatic hydroxyl groups excluding tert-OH is 1. The Balaban J connectivity index is 0.563. The van der Waals surface area contributed by atoms with Gasteiger partial charge in [-0.15, -0.1) is 0 Å². The van der Waals surface area contributed by atoms with Crippen LogP contribution in [0.25, 0.3) is 5.57 Å². The van der Waals surface area contributed by atoms with Crippen molar-refractivity contribution in [3.63, 3.8) is 0 Å². The molecule has 26 nitrogen and oxygen atoms in total. The molecule has 558 valence electrons. The van der Waals surface area contributed by atoms with Crippen LogP contribution in [-0.4, -0.2) is 158 Å². The molecule has 9 amide bonds. The van der Waals surface area contributed by atoms with Gasteiger partial charge in [-0.3, -0.25) is 38.4 Å². The maximum atomic E-state index is 14.5. The zero-order chi connectivity index (χ0) is 75.0. The lowest BCUT2D eigenvalue weighted by atomic mass is 10.0. The molecule has 13 rings (SSSR count). The monoisotopic (exact) mass is 1460 g/mol. The van der Waals surface area contributed by atoms with Crippen molar-refractivity contribution < 1.29 is 76.7 Å². The van der Waals surface area contributed by atoms with Crippen molar-refractivity contribution in [1.29, 1.82) is 0 Å². The molecular weight excluding hydrogens is 1370 g/mol. The van der Waals surface area contributed by atoms with E-state index in [2.05, 4.69) is 43.7 Å². The Morgan fingerprint density at radius 2 is 1.38 bits per heavy atom. The minimum Gasteiger partial charge on any atom is -0.497 e. The Hall–Kier alpha value is -11.6. The van der Waals surface area contributed by atoms with E-state index in [1.165, 1.54) is 20.1 Å². The van der Waals surface area contributed by atoms with E-state index in [1.807, 2.05) is 83.9 Å². The number of hydrogen-bond acceptors (Lipinski definition) is 17. The summed E-state index contributed by atoms with van der Waals surface area (Å²) in [5.74, 6) is 4.30. The van der Waals surface area contributed by atoms with Crippen LogP contribution >= 0.6 is 0 Å². The molecule has 6 aromatic carbocycles. The predicted molar refractivity (Wildman–Crippen MR) is 396 cm³/mol. The van der Waals surface area contributed by atoms with Gasteiger partial charge < -0.3 is 80.1 Å². The highest BCUT2D eigenvalue weighted by Gasteiger charge is 2.58. The minimum absolute atomic E-state index is 0.0571. The SMILES string of the molecule is COc1ccc(C2=CN3C(=O)c4cc(OC5CC5)c(OCCCCCOc5cc6c(cc5OC)C(=O)N5CC7(CC7)C[C@H]5C(O)N6C(=O)OCc5ccc(NC(=O)[C@H](C)NC(=O)[C@@H](NC(=O)CNC(=O)CNC(=O)CCC(=O)N6Cc7ccccc7C#Cc7ccccc76)C(C)C)cc5)cc4NC[C@@H]3C2)cc1. The molecule has 3 fully saturated rings. The zero-order valence-electron chi connectivity index (χ0n) is 60.5. The third-order valence-corrected chi connectivity index (χ3v) is 20.4. The molecule has 2 saturated carbocycles. The number of aliphatic hydroxyl groups is 1. The quantitative estimate of drug-likeness (QED) is 0.0179. The van der Waals surface area contributed by atoms with Crippen molar-refractivity contribution in [2.45, 2.75) is 141 Å². The van der Waals surface area contributed by atoms with Crippen LogP contribution in [0.2, 0.25) is 0 Å². The first-order valence-electron chi connectivity index (χ1n) is 36.4. The number of para-hydroxylation sites is 1. The molecule has 5 heterocycles. The molecule has 0 aromatic heterocycles. The van der Waals surface area contributed by atoms with E-state index < -0.39 is 79.0 Å². The van der Waals surface area contributed by atoms with Crippen molar-refractivity contribution in [2.24, 2.45) is 11.3 Å². The van der Waals surface area contributed by atoms with Gasteiger partial charge in [0.05, 0.1) is 93.4 Å². The lowest BCUT2D eigenvalue weighted by Gasteiger charge is -2.31. The standard InChI is InChI=1S/C81H88N10O16/c1-48(2)74(87-72(94)43-84-71(93)42-83-70(92)29-30-73(95)89-44-54-15-8-7-13-51(54)19-20-53-14-9-10-16-63(53)89)76(97)85-49(3)75(96)86-56-23-17-50(18-24-56)46-106-80(101)91-64-39-68(66(103-5)37-61(64)78(99)90-47-81(31-32-81)40-65(90)79(91)100)105-34-12-6-11-33-104-67-38-62-60(36-69(67)107-59-27-28-59)77(98)88-45-55(35-57(88)41-82-62)52-21-25-58(102-4)26-22-52/h7-10,13-18,21-26,36-39,45,48-49,57,59,65,74,79,82,100H,6,11-12,27-35,40-44,46-47H2,1-5H3,(H,83,92)(H,84,93)(H,85,97)(H,86,96)(H,87,94)/t49-,57-,65-,74-,79?/m0/s1. The number of carbonyl (C=O) groups is 9. The summed E-state index contributed by atoms with van der Waals surface area (Å²) in [6, 6.07) is 32.9. The van der Waals surface area contributed by atoms with Crippen LogP contribution in [0, 0.1) is 23.2 Å². The highest BCUT2D eigenvalue weighted by Crippen LogP contribution is 2.57. The number of nitrogens with zero attached hydrogens (tertiary/aromatic N) is 4. The topological polar surface area (TPSA) is 314 Å². The molecule has 0 bridgehead atoms. The molecule has 1 saturated heterocycles. The fourth-order valence-electron chi connectivity index (χ4n) is 14.0. The Morgan fingerprint density at radius 3 is 2.10 bits per heavy atom. The fourth-order valence-corrected chi connectivity index (χ4v) is 14.0. The van der Waals surface area contributed by atoms with Crippen LogP contribution in [0.5, 0.6) is 28.7 Å². The number of unbranched alkanes of at least 4 members (excludes halogenated alkanes) is 2. The van der Waals surface area contributed by atoms with Crippen molar-refractivity contribution in [2.75, 3.05) is 74.0 Å². The lowest BCUT2D eigenvalue weighted by Crippen LogP contribution is -2.55. The number of rotatable bonds is 28. The maximum Gasteiger partial charge on any atom is 0.416 e. The van der Waals surface area contributed by atoms with Crippen LogP contribution in [0.3, 0.4) is 0 Å². The second-order valence-electron chi connectivity index (χ2n) is 28.5. The first kappa shape index (κ1) is 73.7. The number of fused-ring (bicyclic) bond motifs is 6. The van der Waals surface area contributed by atoms with Crippen molar-refractivity contribution in [3.05, 3.63) is 166 Å². The largest absolute Gasteiger partial charge is 0.497 e. The first-order valence-corrected chi connectivity index (χ1v) is 36.4. The molecule has 1 unspecified atom stereocenters. The Bertz CT molecular complexity index is 4520. The molecule has 0 radical (unpaired) electrons. The number of anilines is 4. The number of amides is 9. The number of nitrogens with one attached hydrogen (secondary N) is 6. The highest BCUT2D eigenvalue weighted by molar-refractivity contribution is 6.07. The third kappa shape index (κ3) is 17.2. The van der Waals surface area contributed by atoms with E-state index in [0.29, 0.717) is 97.1 Å². The molecule has 7 aliphatic rings. The van der Waals surface area contributed by atoms with Gasteiger partial charge in [0.2, 0.25) is 35.4 Å². The molecule has 107 heavy (non-hydrogen) atoms. The average molecular weight is 1460 g/mol. The van der Waals surface area contributed by atoms with Gasteiger partial charge in [-0.05, 0) is 153 Å². The second-order valence-corrected chi connectivity index (χ2v) is 28.5. The molecule has 7 N–H and O–H groups in total. The summed E-state index contributed by atoms with van der Waals surface area (Å²) in [5, 5.41) is 28.6. The predicted octanol–water partition coefficient (Wildman–Crippen LogP) is 8.57. The summed E-state index contributed by atoms with van der Waals surface area (Å²) in [6.07, 6.45) is 6.07. The number of methoxy groups -OCH3 is 2. The summed E-state index contributed by atoms with van der Waals surface area (Å²) in [4.78, 5) is 129. The normalized spacial score (nSPS) is 18.2. The van der Waals surface area contributed by atoms with Crippen molar-refractivity contribution in [1.82, 2.24) is 31.1 Å². The van der Waals surface area contributed by atoms with Gasteiger partial charge >= 0.3 is 6.09 Å². The van der Waals surface area contributed by atoms with Crippen LogP contribution in [0.15, 0.2) is 128 Å². The number of benzene rings is 6. The Kier molecular flexibility index (Phi) is 22.3. The summed E-state index contributed by atoms with van der Waals surface area (Å²) in [6.45, 7) is 5.46. The van der Waals surface area contributed by atoms with Crippen LogP contribution in [0.4, 0.5) is 27.5 Å². The van der Waals surface area contributed by atoms with Crippen LogP contribution in [0.1, 0.15) is 140 Å². The Labute approximate surface area is 620 Å². The average Bonchev–Trinajstić information content (AvgIpc) is 1.57. The molecule has 5 aliphatic heterocycles. The van der Waals surface area contributed by atoms with Crippen molar-refractivity contribution in [3.8, 4) is 40.6 Å². The van der Waals surface area contributed by atoms with E-state index >= 15 is 0 Å². The zero-order valence-corrected chi connectivity index (χ0v) is 60.5. The van der Waals surface area contributed by atoms with Gasteiger partial charge in [0.25, 0.3) is 11.8 Å². The van der Waals surface area contributed by atoms with Gasteiger partial charge in [-0.1, -0.05) is 80.3 Å². The third-order valence-electron chi connectivity index (χ3n) is 20.4. The van der Waals surface area contributed by atoms with E-state index in [9.17, 15) is 48.3 Å². The molecular formula is C81H88N10O16. The molecule has 1 spiro atoms. The number of hydrogen-bond donors (Lipinski definition) is 7. The van der Waals surface area contributed by atoms with Crippen LogP contribution in [-0.2, 0) is 46.7 Å². The Morgan fingerprint density at radius 1 is 0.692 bits per heavy atom. The van der Waals surface area contributed by atoms with E-state index in [4.69, 9.17) is 28.4 Å². The van der Waals surface area contributed by atoms with Crippen LogP contribution < -0.4 is 65.4 Å². The summed E-state index contributed by atoms with van der Waals surface area (Å²) < 4.78 is 36.1. The fraction of sp³-hybridized carbons (Fsp3) is 0.395. The van der Waals surface area contributed by atoms with Gasteiger partial charge in [0.1, 0.15) is 24.4 Å². The highest BCUT2D eigenvalue weighted by atomic mass is 16.6. The summed E-state index contributed by atoms with van der Waals surface area (Å²) in [7, 11) is 3.10. The van der Waals surface area contributed by atoms with E-state index in [1.54, 1.807) is 73.2 Å².